The predicted octanol–water partition coefficient (Wildman–Crippen LogP) is 0.144. The minimum atomic E-state index is -1.07. The smallest absolute Gasteiger partial charge is 0.106 e. The van der Waals surface area contributed by atoms with Crippen LogP contribution in [0.1, 0.15) is 23.7 Å². The fourth-order valence-corrected chi connectivity index (χ4v) is 1.59. The molecule has 2 atom stereocenters. The number of rotatable bonds is 5. The molecular weight excluding hydrogens is 218 g/mol. The standard InChI is InChI=1S/C12H17N3O2/c1-15-5-4-11(16)12(17)10-3-2-9(14)6-8(10)7-13/h2-3,6,11-12,15-17H,4-5,14H2,1H3. The normalized spacial score (nSPS) is 14.0. The van der Waals surface area contributed by atoms with Gasteiger partial charge in [0.05, 0.1) is 17.7 Å². The molecule has 1 aromatic carbocycles. The van der Waals surface area contributed by atoms with Gasteiger partial charge >= 0.3 is 0 Å². The van der Waals surface area contributed by atoms with E-state index in [2.05, 4.69) is 5.32 Å². The Hall–Kier alpha value is -1.61. The Morgan fingerprint density at radius 2 is 2.18 bits per heavy atom. The molecule has 2 unspecified atom stereocenters. The van der Waals surface area contributed by atoms with Gasteiger partial charge in [0.1, 0.15) is 6.10 Å². The molecule has 0 aliphatic rings. The second-order valence-electron chi connectivity index (χ2n) is 3.86. The Bertz CT molecular complexity index is 415. The van der Waals surface area contributed by atoms with Crippen LogP contribution in [0.5, 0.6) is 0 Å². The lowest BCUT2D eigenvalue weighted by Crippen LogP contribution is -2.23. The van der Waals surface area contributed by atoms with Crippen LogP contribution in [0.3, 0.4) is 0 Å². The highest BCUT2D eigenvalue weighted by Crippen LogP contribution is 2.24. The lowest BCUT2D eigenvalue weighted by molar-refractivity contribution is 0.0139. The van der Waals surface area contributed by atoms with Gasteiger partial charge in [-0.2, -0.15) is 5.26 Å². The lowest BCUT2D eigenvalue weighted by atomic mass is 9.97. The summed E-state index contributed by atoms with van der Waals surface area (Å²) < 4.78 is 0. The molecule has 5 nitrogen and oxygen atoms in total. The molecule has 1 aromatic rings. The highest BCUT2D eigenvalue weighted by molar-refractivity contribution is 5.50. The van der Waals surface area contributed by atoms with Gasteiger partial charge < -0.3 is 21.3 Å². The molecule has 1 rings (SSSR count). The number of nitrogens with two attached hydrogens (primary N) is 1. The number of hydrogen-bond donors (Lipinski definition) is 4. The molecule has 0 aliphatic heterocycles. The number of nitriles is 1. The molecule has 92 valence electrons. The predicted molar refractivity (Wildman–Crippen MR) is 65.1 cm³/mol. The molecule has 0 bridgehead atoms. The average molecular weight is 235 g/mol. The van der Waals surface area contributed by atoms with Crippen molar-refractivity contribution in [1.29, 1.82) is 5.26 Å². The number of hydrogen-bond acceptors (Lipinski definition) is 5. The van der Waals surface area contributed by atoms with E-state index >= 15 is 0 Å². The van der Waals surface area contributed by atoms with Crippen LogP contribution < -0.4 is 11.1 Å². The van der Waals surface area contributed by atoms with Crippen LogP contribution in [0.15, 0.2) is 18.2 Å². The van der Waals surface area contributed by atoms with Crippen molar-refractivity contribution < 1.29 is 10.2 Å². The molecule has 5 N–H and O–H groups in total. The molecule has 0 amide bonds. The second kappa shape index (κ2) is 6.21. The summed E-state index contributed by atoms with van der Waals surface area (Å²) in [7, 11) is 1.77. The average Bonchev–Trinajstić information content (AvgIpc) is 2.34. The minimum Gasteiger partial charge on any atom is -0.399 e. The van der Waals surface area contributed by atoms with Crippen molar-refractivity contribution in [2.24, 2.45) is 0 Å². The number of benzene rings is 1. The van der Waals surface area contributed by atoms with E-state index in [0.717, 1.165) is 0 Å². The van der Waals surface area contributed by atoms with E-state index in [4.69, 9.17) is 11.0 Å². The first-order valence-electron chi connectivity index (χ1n) is 5.40. The van der Waals surface area contributed by atoms with Gasteiger partial charge in [0.25, 0.3) is 0 Å². The molecule has 0 saturated heterocycles. The molecule has 17 heavy (non-hydrogen) atoms. The van der Waals surface area contributed by atoms with Gasteiger partial charge in [-0.3, -0.25) is 0 Å². The number of nitrogens with one attached hydrogen (secondary N) is 1. The summed E-state index contributed by atoms with van der Waals surface area (Å²) >= 11 is 0. The molecule has 0 fully saturated rings. The van der Waals surface area contributed by atoms with Gasteiger partial charge in [-0.1, -0.05) is 6.07 Å². The van der Waals surface area contributed by atoms with Gasteiger partial charge in [0.2, 0.25) is 0 Å². The van der Waals surface area contributed by atoms with Crippen molar-refractivity contribution in [2.75, 3.05) is 19.3 Å². The Labute approximate surface area is 100 Å². The zero-order valence-corrected chi connectivity index (χ0v) is 9.72. The number of nitrogen functional groups attached to an aromatic ring is 1. The zero-order chi connectivity index (χ0) is 12.8. The fraction of sp³-hybridized carbons (Fsp3) is 0.417. The molecule has 0 spiro atoms. The van der Waals surface area contributed by atoms with Crippen LogP contribution in [-0.2, 0) is 0 Å². The summed E-state index contributed by atoms with van der Waals surface area (Å²) in [6.07, 6.45) is -1.57. The van der Waals surface area contributed by atoms with Crippen molar-refractivity contribution in [3.63, 3.8) is 0 Å². The van der Waals surface area contributed by atoms with Crippen molar-refractivity contribution in [3.8, 4) is 6.07 Å². The van der Waals surface area contributed by atoms with Crippen LogP contribution in [0.2, 0.25) is 0 Å². The highest BCUT2D eigenvalue weighted by atomic mass is 16.3. The van der Waals surface area contributed by atoms with Crippen molar-refractivity contribution in [2.45, 2.75) is 18.6 Å². The Balaban J connectivity index is 2.88. The number of anilines is 1. The van der Waals surface area contributed by atoms with E-state index in [0.29, 0.717) is 29.8 Å². The third kappa shape index (κ3) is 3.43. The zero-order valence-electron chi connectivity index (χ0n) is 9.72. The van der Waals surface area contributed by atoms with Crippen LogP contribution in [-0.4, -0.2) is 29.9 Å². The summed E-state index contributed by atoms with van der Waals surface area (Å²) in [5.74, 6) is 0. The van der Waals surface area contributed by atoms with Gasteiger partial charge in [-0.25, -0.2) is 0 Å². The summed E-state index contributed by atoms with van der Waals surface area (Å²) in [6, 6.07) is 6.62. The number of aliphatic hydroxyl groups is 2. The Kier molecular flexibility index (Phi) is 4.91. The number of aliphatic hydroxyl groups excluding tert-OH is 2. The van der Waals surface area contributed by atoms with Crippen LogP contribution >= 0.6 is 0 Å². The topological polar surface area (TPSA) is 102 Å². The van der Waals surface area contributed by atoms with Crippen LogP contribution in [0.4, 0.5) is 5.69 Å². The number of nitrogens with zero attached hydrogens (tertiary/aromatic N) is 1. The first-order valence-corrected chi connectivity index (χ1v) is 5.40. The maximum absolute atomic E-state index is 9.95. The first kappa shape index (κ1) is 13.5. The third-order valence-corrected chi connectivity index (χ3v) is 2.57. The van der Waals surface area contributed by atoms with Gasteiger partial charge in [0, 0.05) is 11.3 Å². The van der Waals surface area contributed by atoms with Crippen molar-refractivity contribution in [3.05, 3.63) is 29.3 Å². The van der Waals surface area contributed by atoms with Crippen molar-refractivity contribution in [1.82, 2.24) is 5.32 Å². The second-order valence-corrected chi connectivity index (χ2v) is 3.86. The molecule has 0 aromatic heterocycles. The SMILES string of the molecule is CNCCC(O)C(O)c1ccc(N)cc1C#N. The van der Waals surface area contributed by atoms with Gasteiger partial charge in [-0.15, -0.1) is 0 Å². The van der Waals surface area contributed by atoms with E-state index in [9.17, 15) is 10.2 Å². The van der Waals surface area contributed by atoms with Crippen LogP contribution in [0.25, 0.3) is 0 Å². The van der Waals surface area contributed by atoms with E-state index in [1.807, 2.05) is 6.07 Å². The fourth-order valence-electron chi connectivity index (χ4n) is 1.59. The van der Waals surface area contributed by atoms with Gasteiger partial charge in [0.15, 0.2) is 0 Å². The maximum Gasteiger partial charge on any atom is 0.106 e. The Morgan fingerprint density at radius 3 is 2.76 bits per heavy atom. The van der Waals surface area contributed by atoms with E-state index in [-0.39, 0.29) is 0 Å². The highest BCUT2D eigenvalue weighted by Gasteiger charge is 2.20. The monoisotopic (exact) mass is 235 g/mol. The summed E-state index contributed by atoms with van der Waals surface area (Å²) in [4.78, 5) is 0. The maximum atomic E-state index is 9.95. The first-order chi connectivity index (χ1) is 8.10. The van der Waals surface area contributed by atoms with E-state index in [1.165, 1.54) is 6.07 Å². The summed E-state index contributed by atoms with van der Waals surface area (Å²) in [5.41, 5.74) is 6.71. The summed E-state index contributed by atoms with van der Waals surface area (Å²) in [5, 5.41) is 31.5. The molecule has 0 radical (unpaired) electrons. The molecule has 0 heterocycles. The molecule has 0 saturated carbocycles. The quantitative estimate of drug-likeness (QED) is 0.544. The van der Waals surface area contributed by atoms with E-state index in [1.54, 1.807) is 19.2 Å². The Morgan fingerprint density at radius 1 is 1.47 bits per heavy atom. The van der Waals surface area contributed by atoms with Crippen molar-refractivity contribution >= 4 is 5.69 Å². The minimum absolute atomic E-state index is 0.293. The summed E-state index contributed by atoms with van der Waals surface area (Å²) in [6.45, 7) is 0.592. The van der Waals surface area contributed by atoms with E-state index < -0.39 is 12.2 Å². The molecular formula is C12H17N3O2. The molecule has 5 heteroatoms. The third-order valence-electron chi connectivity index (χ3n) is 2.57. The van der Waals surface area contributed by atoms with Crippen LogP contribution in [0, 0.1) is 11.3 Å². The largest absolute Gasteiger partial charge is 0.399 e. The molecule has 0 aliphatic carbocycles. The lowest BCUT2D eigenvalue weighted by Gasteiger charge is -2.19. The van der Waals surface area contributed by atoms with Gasteiger partial charge in [-0.05, 0) is 32.1 Å².